The minimum absolute atomic E-state index is 0.0244. The SMILES string of the molecule is CC(C)(CN)NCC(C)(C)c1c[nH]c2ccccc12. The van der Waals surface area contributed by atoms with E-state index in [4.69, 9.17) is 5.73 Å². The Morgan fingerprint density at radius 3 is 2.53 bits per heavy atom. The zero-order valence-corrected chi connectivity index (χ0v) is 12.4. The quantitative estimate of drug-likeness (QED) is 0.773. The van der Waals surface area contributed by atoms with E-state index in [9.17, 15) is 0 Å². The van der Waals surface area contributed by atoms with Crippen LogP contribution in [0.4, 0.5) is 0 Å². The highest BCUT2D eigenvalue weighted by Crippen LogP contribution is 2.30. The molecule has 0 atom stereocenters. The molecule has 19 heavy (non-hydrogen) atoms. The number of hydrogen-bond acceptors (Lipinski definition) is 2. The normalized spacial score (nSPS) is 13.1. The molecule has 0 aliphatic rings. The second-order valence-corrected chi connectivity index (χ2v) is 6.57. The Labute approximate surface area is 115 Å². The van der Waals surface area contributed by atoms with E-state index in [1.807, 2.05) is 0 Å². The third-order valence-electron chi connectivity index (χ3n) is 3.84. The fourth-order valence-corrected chi connectivity index (χ4v) is 2.26. The number of para-hydroxylation sites is 1. The van der Waals surface area contributed by atoms with Crippen LogP contribution in [0.3, 0.4) is 0 Å². The molecule has 1 aromatic carbocycles. The number of rotatable bonds is 5. The second-order valence-electron chi connectivity index (χ2n) is 6.57. The van der Waals surface area contributed by atoms with Gasteiger partial charge in [0.2, 0.25) is 0 Å². The first kappa shape index (κ1) is 14.1. The Morgan fingerprint density at radius 1 is 1.16 bits per heavy atom. The monoisotopic (exact) mass is 259 g/mol. The smallest absolute Gasteiger partial charge is 0.0457 e. The molecule has 0 aliphatic heterocycles. The molecule has 4 N–H and O–H groups in total. The van der Waals surface area contributed by atoms with Crippen LogP contribution in [0.25, 0.3) is 10.9 Å². The predicted octanol–water partition coefficient (Wildman–Crippen LogP) is 2.77. The predicted molar refractivity (Wildman–Crippen MR) is 82.5 cm³/mol. The summed E-state index contributed by atoms with van der Waals surface area (Å²) in [5.41, 5.74) is 8.36. The lowest BCUT2D eigenvalue weighted by molar-refractivity contribution is 0.348. The van der Waals surface area contributed by atoms with Crippen molar-refractivity contribution in [2.24, 2.45) is 5.73 Å². The fraction of sp³-hybridized carbons (Fsp3) is 0.500. The van der Waals surface area contributed by atoms with Gasteiger partial charge in [-0.2, -0.15) is 0 Å². The number of H-pyrrole nitrogens is 1. The lowest BCUT2D eigenvalue weighted by Crippen LogP contribution is -2.50. The number of nitrogens with two attached hydrogens (primary N) is 1. The summed E-state index contributed by atoms with van der Waals surface area (Å²) >= 11 is 0. The molecule has 0 radical (unpaired) electrons. The van der Waals surface area contributed by atoms with E-state index in [0.717, 1.165) is 6.54 Å². The molecule has 0 saturated carbocycles. The summed E-state index contributed by atoms with van der Waals surface area (Å²) in [6, 6.07) is 8.45. The molecule has 1 heterocycles. The molecule has 2 aromatic rings. The van der Waals surface area contributed by atoms with Gasteiger partial charge in [0, 0.05) is 41.1 Å². The highest BCUT2D eigenvalue weighted by molar-refractivity contribution is 5.84. The van der Waals surface area contributed by atoms with Crippen molar-refractivity contribution in [3.05, 3.63) is 36.0 Å². The molecular formula is C16H25N3. The van der Waals surface area contributed by atoms with Crippen LogP contribution in [0.1, 0.15) is 33.3 Å². The van der Waals surface area contributed by atoms with Crippen LogP contribution in [-0.2, 0) is 5.41 Å². The van der Waals surface area contributed by atoms with Crippen molar-refractivity contribution in [2.75, 3.05) is 13.1 Å². The summed E-state index contributed by atoms with van der Waals surface area (Å²) in [4.78, 5) is 3.35. The second kappa shape index (κ2) is 4.99. The number of benzene rings is 1. The Bertz CT molecular complexity index is 552. The Kier molecular flexibility index (Phi) is 3.70. The van der Waals surface area contributed by atoms with E-state index in [0.29, 0.717) is 6.54 Å². The minimum atomic E-state index is -0.0244. The molecule has 3 nitrogen and oxygen atoms in total. The number of nitrogens with one attached hydrogen (secondary N) is 2. The van der Waals surface area contributed by atoms with Crippen LogP contribution in [0, 0.1) is 0 Å². The first-order chi connectivity index (χ1) is 8.86. The van der Waals surface area contributed by atoms with Crippen LogP contribution in [-0.4, -0.2) is 23.6 Å². The molecule has 0 fully saturated rings. The summed E-state index contributed by atoms with van der Waals surface area (Å²) < 4.78 is 0. The van der Waals surface area contributed by atoms with E-state index in [1.54, 1.807) is 0 Å². The molecule has 0 saturated heterocycles. The average molecular weight is 259 g/mol. The first-order valence-electron chi connectivity index (χ1n) is 6.87. The van der Waals surface area contributed by atoms with E-state index >= 15 is 0 Å². The number of fused-ring (bicyclic) bond motifs is 1. The van der Waals surface area contributed by atoms with Crippen LogP contribution >= 0.6 is 0 Å². The largest absolute Gasteiger partial charge is 0.361 e. The maximum absolute atomic E-state index is 5.78. The van der Waals surface area contributed by atoms with Crippen molar-refractivity contribution in [2.45, 2.75) is 38.6 Å². The maximum atomic E-state index is 5.78. The lowest BCUT2D eigenvalue weighted by atomic mass is 9.83. The highest BCUT2D eigenvalue weighted by Gasteiger charge is 2.26. The maximum Gasteiger partial charge on any atom is 0.0457 e. The zero-order valence-electron chi connectivity index (χ0n) is 12.4. The first-order valence-corrected chi connectivity index (χ1v) is 6.87. The highest BCUT2D eigenvalue weighted by atomic mass is 15.0. The van der Waals surface area contributed by atoms with Crippen molar-refractivity contribution >= 4 is 10.9 Å². The molecule has 104 valence electrons. The molecule has 1 aromatic heterocycles. The molecule has 0 unspecified atom stereocenters. The zero-order chi connectivity index (χ0) is 14.1. The Balaban J connectivity index is 2.24. The summed E-state index contributed by atoms with van der Waals surface area (Å²) in [6.07, 6.45) is 2.13. The third kappa shape index (κ3) is 2.99. The van der Waals surface area contributed by atoms with Crippen molar-refractivity contribution in [3.8, 4) is 0 Å². The van der Waals surface area contributed by atoms with E-state index in [2.05, 4.69) is 68.5 Å². The number of hydrogen-bond donors (Lipinski definition) is 3. The van der Waals surface area contributed by atoms with Crippen molar-refractivity contribution in [3.63, 3.8) is 0 Å². The van der Waals surface area contributed by atoms with Gasteiger partial charge in [-0.1, -0.05) is 32.0 Å². The number of aromatic nitrogens is 1. The van der Waals surface area contributed by atoms with Gasteiger partial charge in [0.05, 0.1) is 0 Å². The van der Waals surface area contributed by atoms with Crippen LogP contribution in [0.15, 0.2) is 30.5 Å². The van der Waals surface area contributed by atoms with E-state index in [1.165, 1.54) is 16.5 Å². The standard InChI is InChI=1S/C16H25N3/c1-15(2,11-19-16(3,4)10-17)13-9-18-14-8-6-5-7-12(13)14/h5-9,18-19H,10-11,17H2,1-4H3. The van der Waals surface area contributed by atoms with Gasteiger partial charge in [0.15, 0.2) is 0 Å². The van der Waals surface area contributed by atoms with Gasteiger partial charge < -0.3 is 16.0 Å². The minimum Gasteiger partial charge on any atom is -0.361 e. The molecule has 3 heteroatoms. The molecule has 0 amide bonds. The molecule has 2 rings (SSSR count). The van der Waals surface area contributed by atoms with Crippen LogP contribution < -0.4 is 11.1 Å². The molecular weight excluding hydrogens is 234 g/mol. The van der Waals surface area contributed by atoms with Crippen molar-refractivity contribution < 1.29 is 0 Å². The van der Waals surface area contributed by atoms with E-state index < -0.39 is 0 Å². The van der Waals surface area contributed by atoms with Crippen LogP contribution in [0.2, 0.25) is 0 Å². The fourth-order valence-electron chi connectivity index (χ4n) is 2.26. The lowest BCUT2D eigenvalue weighted by Gasteiger charge is -2.32. The Morgan fingerprint density at radius 2 is 1.84 bits per heavy atom. The van der Waals surface area contributed by atoms with Gasteiger partial charge >= 0.3 is 0 Å². The summed E-state index contributed by atoms with van der Waals surface area (Å²) in [5, 5.41) is 4.87. The van der Waals surface area contributed by atoms with Gasteiger partial charge in [-0.15, -0.1) is 0 Å². The van der Waals surface area contributed by atoms with Crippen molar-refractivity contribution in [1.82, 2.24) is 10.3 Å². The number of aromatic amines is 1. The van der Waals surface area contributed by atoms with Gasteiger partial charge in [0.1, 0.15) is 0 Å². The average Bonchev–Trinajstić information content (AvgIpc) is 2.81. The van der Waals surface area contributed by atoms with Gasteiger partial charge in [0.25, 0.3) is 0 Å². The Hall–Kier alpha value is -1.32. The van der Waals surface area contributed by atoms with E-state index in [-0.39, 0.29) is 11.0 Å². The van der Waals surface area contributed by atoms with Gasteiger partial charge in [-0.3, -0.25) is 0 Å². The summed E-state index contributed by atoms with van der Waals surface area (Å²) in [6.45, 7) is 10.3. The summed E-state index contributed by atoms with van der Waals surface area (Å²) in [7, 11) is 0. The van der Waals surface area contributed by atoms with Crippen LogP contribution in [0.5, 0.6) is 0 Å². The van der Waals surface area contributed by atoms with Gasteiger partial charge in [-0.05, 0) is 25.5 Å². The van der Waals surface area contributed by atoms with Crippen molar-refractivity contribution in [1.29, 1.82) is 0 Å². The third-order valence-corrected chi connectivity index (χ3v) is 3.84. The molecule has 0 aliphatic carbocycles. The molecule has 0 spiro atoms. The summed E-state index contributed by atoms with van der Waals surface area (Å²) in [5.74, 6) is 0. The van der Waals surface area contributed by atoms with Gasteiger partial charge in [-0.25, -0.2) is 0 Å². The topological polar surface area (TPSA) is 53.8 Å². The molecule has 0 bridgehead atoms.